The van der Waals surface area contributed by atoms with Crippen LogP contribution in [-0.2, 0) is 4.79 Å². The summed E-state index contributed by atoms with van der Waals surface area (Å²) in [5.74, 6) is 1.07. The zero-order valence-corrected chi connectivity index (χ0v) is 14.5. The first kappa shape index (κ1) is 17.0. The minimum Gasteiger partial charge on any atom is -0.497 e. The maximum Gasteiger partial charge on any atom is 0.277 e. The molecule has 23 heavy (non-hydrogen) atoms. The molecule has 120 valence electrons. The van der Waals surface area contributed by atoms with Gasteiger partial charge in [-0.05, 0) is 55.0 Å². The van der Waals surface area contributed by atoms with Crippen LogP contribution in [0.4, 0.5) is 0 Å². The third-order valence-corrected chi connectivity index (χ3v) is 3.52. The van der Waals surface area contributed by atoms with Crippen LogP contribution < -0.4 is 14.9 Å². The largest absolute Gasteiger partial charge is 0.497 e. The first-order chi connectivity index (χ1) is 11.1. The molecule has 0 bridgehead atoms. The molecule has 0 fully saturated rings. The summed E-state index contributed by atoms with van der Waals surface area (Å²) in [5, 5.41) is 4.07. The van der Waals surface area contributed by atoms with E-state index in [2.05, 4.69) is 26.5 Å². The van der Waals surface area contributed by atoms with Crippen LogP contribution >= 0.6 is 15.9 Å². The topological polar surface area (TPSA) is 59.9 Å². The average Bonchev–Trinajstić information content (AvgIpc) is 2.58. The van der Waals surface area contributed by atoms with Gasteiger partial charge in [-0.25, -0.2) is 5.43 Å². The minimum absolute atomic E-state index is 0.101. The van der Waals surface area contributed by atoms with Crippen molar-refractivity contribution in [3.8, 4) is 11.5 Å². The molecule has 0 heterocycles. The van der Waals surface area contributed by atoms with E-state index in [1.165, 1.54) is 0 Å². The van der Waals surface area contributed by atoms with E-state index in [0.29, 0.717) is 11.5 Å². The van der Waals surface area contributed by atoms with E-state index in [4.69, 9.17) is 9.47 Å². The predicted molar refractivity (Wildman–Crippen MR) is 93.0 cm³/mol. The molecule has 0 atom stereocenters. The van der Waals surface area contributed by atoms with Gasteiger partial charge in [0.1, 0.15) is 11.5 Å². The average molecular weight is 377 g/mol. The number of amides is 1. The van der Waals surface area contributed by atoms with Crippen LogP contribution in [0, 0.1) is 0 Å². The van der Waals surface area contributed by atoms with Crippen molar-refractivity contribution in [2.24, 2.45) is 5.10 Å². The first-order valence-corrected chi connectivity index (χ1v) is 7.73. The molecule has 2 aromatic carbocycles. The van der Waals surface area contributed by atoms with Crippen molar-refractivity contribution in [3.63, 3.8) is 0 Å². The van der Waals surface area contributed by atoms with Gasteiger partial charge in [-0.2, -0.15) is 5.10 Å². The summed E-state index contributed by atoms with van der Waals surface area (Å²) in [6.45, 7) is 1.72. The number of hydrogen-bond donors (Lipinski definition) is 1. The molecule has 0 spiro atoms. The number of carbonyl (C=O) groups is 1. The van der Waals surface area contributed by atoms with Gasteiger partial charge in [0.05, 0.1) is 12.8 Å². The molecular formula is C17H17BrN2O3. The van der Waals surface area contributed by atoms with Crippen molar-refractivity contribution in [1.29, 1.82) is 0 Å². The second-order valence-electron chi connectivity index (χ2n) is 4.71. The second-order valence-corrected chi connectivity index (χ2v) is 5.62. The van der Waals surface area contributed by atoms with Gasteiger partial charge in [0.25, 0.3) is 5.91 Å². The molecule has 6 heteroatoms. The molecule has 2 aromatic rings. The number of halogens is 1. The highest BCUT2D eigenvalue weighted by Gasteiger charge is 2.03. The third kappa shape index (κ3) is 5.41. The van der Waals surface area contributed by atoms with Crippen molar-refractivity contribution >= 4 is 27.5 Å². The van der Waals surface area contributed by atoms with E-state index in [9.17, 15) is 4.79 Å². The minimum atomic E-state index is -0.321. The monoisotopic (exact) mass is 376 g/mol. The molecule has 5 nitrogen and oxygen atoms in total. The Bertz CT molecular complexity index is 699. The number of methoxy groups -OCH3 is 1. The lowest BCUT2D eigenvalue weighted by molar-refractivity contribution is -0.123. The van der Waals surface area contributed by atoms with Crippen molar-refractivity contribution in [1.82, 2.24) is 5.43 Å². The van der Waals surface area contributed by atoms with Crippen molar-refractivity contribution < 1.29 is 14.3 Å². The molecule has 0 aromatic heterocycles. The van der Waals surface area contributed by atoms with Gasteiger partial charge in [-0.3, -0.25) is 4.79 Å². The number of nitrogens with one attached hydrogen (secondary N) is 1. The molecule has 1 N–H and O–H groups in total. The highest BCUT2D eigenvalue weighted by molar-refractivity contribution is 9.10. The van der Waals surface area contributed by atoms with Gasteiger partial charge in [0.2, 0.25) is 0 Å². The molecule has 0 radical (unpaired) electrons. The zero-order chi connectivity index (χ0) is 16.7. The fourth-order valence-corrected chi connectivity index (χ4v) is 2.16. The summed E-state index contributed by atoms with van der Waals surface area (Å²) < 4.78 is 11.4. The van der Waals surface area contributed by atoms with Crippen LogP contribution in [0.2, 0.25) is 0 Å². The van der Waals surface area contributed by atoms with Gasteiger partial charge in [0.15, 0.2) is 6.61 Å². The Kier molecular flexibility index (Phi) is 6.17. The maximum atomic E-state index is 11.8. The van der Waals surface area contributed by atoms with Crippen LogP contribution in [0.3, 0.4) is 0 Å². The normalized spacial score (nSPS) is 11.0. The molecule has 0 aliphatic carbocycles. The molecule has 0 aliphatic heterocycles. The Balaban J connectivity index is 1.86. The second kappa shape index (κ2) is 8.33. The van der Waals surface area contributed by atoms with E-state index < -0.39 is 0 Å². The highest BCUT2D eigenvalue weighted by atomic mass is 79.9. The summed E-state index contributed by atoms with van der Waals surface area (Å²) in [4.78, 5) is 11.8. The fraction of sp³-hybridized carbons (Fsp3) is 0.176. The Labute approximate surface area is 143 Å². The molecule has 0 saturated heterocycles. The fourth-order valence-electron chi connectivity index (χ4n) is 1.78. The number of carbonyl (C=O) groups excluding carboxylic acids is 1. The number of ether oxygens (including phenoxy) is 2. The van der Waals surface area contributed by atoms with Crippen LogP contribution in [0.15, 0.2) is 58.1 Å². The number of hydrazone groups is 1. The zero-order valence-electron chi connectivity index (χ0n) is 12.9. The quantitative estimate of drug-likeness (QED) is 0.620. The molecule has 1 amide bonds. The summed E-state index contributed by atoms with van der Waals surface area (Å²) in [7, 11) is 1.61. The van der Waals surface area contributed by atoms with Crippen molar-refractivity contribution in [3.05, 3.63) is 58.6 Å². The molecule has 2 rings (SSSR count). The van der Waals surface area contributed by atoms with Gasteiger partial charge >= 0.3 is 0 Å². The van der Waals surface area contributed by atoms with Crippen LogP contribution in [0.1, 0.15) is 12.5 Å². The van der Waals surface area contributed by atoms with E-state index >= 15 is 0 Å². The maximum absolute atomic E-state index is 11.8. The molecule has 0 unspecified atom stereocenters. The highest BCUT2D eigenvalue weighted by Crippen LogP contribution is 2.17. The molecule has 0 aliphatic rings. The lowest BCUT2D eigenvalue weighted by Crippen LogP contribution is -2.25. The summed E-state index contributed by atoms with van der Waals surface area (Å²) in [6, 6.07) is 14.7. The number of hydrogen-bond acceptors (Lipinski definition) is 4. The standard InChI is InChI=1S/C17H17BrN2O3/c1-12(13-6-8-15(22-2)9-7-13)19-20-17(21)11-23-16-5-3-4-14(18)10-16/h3-10H,11H2,1-2H3,(H,20,21)/b19-12+. The SMILES string of the molecule is COc1ccc(/C(C)=N/NC(=O)COc2cccc(Br)c2)cc1. The van der Waals surface area contributed by atoms with E-state index in [0.717, 1.165) is 15.8 Å². The van der Waals surface area contributed by atoms with Gasteiger partial charge in [0, 0.05) is 4.47 Å². The summed E-state index contributed by atoms with van der Waals surface area (Å²) >= 11 is 3.34. The van der Waals surface area contributed by atoms with Crippen LogP contribution in [0.25, 0.3) is 0 Å². The number of nitrogens with zero attached hydrogens (tertiary/aromatic N) is 1. The van der Waals surface area contributed by atoms with Gasteiger partial charge in [-0.15, -0.1) is 0 Å². The first-order valence-electron chi connectivity index (χ1n) is 6.94. The van der Waals surface area contributed by atoms with E-state index in [-0.39, 0.29) is 12.5 Å². The third-order valence-electron chi connectivity index (χ3n) is 3.02. The Morgan fingerprint density at radius 3 is 2.57 bits per heavy atom. The van der Waals surface area contributed by atoms with Crippen LogP contribution in [0.5, 0.6) is 11.5 Å². The van der Waals surface area contributed by atoms with E-state index in [1.54, 1.807) is 19.2 Å². The summed E-state index contributed by atoms with van der Waals surface area (Å²) in [5.41, 5.74) is 4.07. The Hall–Kier alpha value is -2.34. The Morgan fingerprint density at radius 1 is 1.17 bits per heavy atom. The van der Waals surface area contributed by atoms with E-state index in [1.807, 2.05) is 43.3 Å². The van der Waals surface area contributed by atoms with Crippen molar-refractivity contribution in [2.45, 2.75) is 6.92 Å². The molecule has 0 saturated carbocycles. The number of rotatable bonds is 6. The lowest BCUT2D eigenvalue weighted by Gasteiger charge is -2.06. The van der Waals surface area contributed by atoms with Crippen LogP contribution in [-0.4, -0.2) is 25.3 Å². The number of benzene rings is 2. The summed E-state index contributed by atoms with van der Waals surface area (Å²) in [6.07, 6.45) is 0. The lowest BCUT2D eigenvalue weighted by atomic mass is 10.1. The Morgan fingerprint density at radius 2 is 1.91 bits per heavy atom. The predicted octanol–water partition coefficient (Wildman–Crippen LogP) is 3.38. The van der Waals surface area contributed by atoms with Gasteiger partial charge in [-0.1, -0.05) is 22.0 Å². The molecular weight excluding hydrogens is 360 g/mol. The smallest absolute Gasteiger partial charge is 0.277 e. The van der Waals surface area contributed by atoms with Gasteiger partial charge < -0.3 is 9.47 Å². The van der Waals surface area contributed by atoms with Crippen molar-refractivity contribution in [2.75, 3.05) is 13.7 Å².